The molecule has 0 spiro atoms. The topological polar surface area (TPSA) is 58.9 Å². The summed E-state index contributed by atoms with van der Waals surface area (Å²) in [6, 6.07) is 10.9. The fourth-order valence-electron chi connectivity index (χ4n) is 1.42. The smallest absolute Gasteiger partial charge is 0.250 e. The van der Waals surface area contributed by atoms with Gasteiger partial charge in [0.05, 0.1) is 0 Å². The summed E-state index contributed by atoms with van der Waals surface area (Å²) >= 11 is 3.43. The third-order valence-electron chi connectivity index (χ3n) is 2.05. The molecule has 3 nitrogen and oxygen atoms in total. The van der Waals surface area contributed by atoms with Gasteiger partial charge in [-0.15, -0.1) is 0 Å². The summed E-state index contributed by atoms with van der Waals surface area (Å²) in [5, 5.41) is 0. The molecule has 2 aromatic rings. The second-order valence-electron chi connectivity index (χ2n) is 3.17. The van der Waals surface area contributed by atoms with E-state index in [0.717, 1.165) is 15.6 Å². The molecule has 0 atom stereocenters. The highest BCUT2D eigenvalue weighted by Gasteiger charge is 2.03. The first-order chi connectivity index (χ1) is 7.16. The van der Waals surface area contributed by atoms with E-state index in [1.54, 1.807) is 6.07 Å². The van der Waals surface area contributed by atoms with Crippen LogP contribution in [-0.2, 0) is 0 Å². The number of pyridine rings is 1. The number of aromatic nitrogens is 1. The molecule has 0 amide bonds. The van der Waals surface area contributed by atoms with E-state index in [0.29, 0.717) is 5.82 Å². The number of rotatable bonds is 1. The van der Waals surface area contributed by atoms with Gasteiger partial charge in [-0.3, -0.25) is 4.79 Å². The molecule has 0 saturated heterocycles. The number of aromatic amines is 1. The molecule has 0 aliphatic carbocycles. The molecule has 0 aliphatic rings. The van der Waals surface area contributed by atoms with E-state index < -0.39 is 0 Å². The molecule has 3 N–H and O–H groups in total. The van der Waals surface area contributed by atoms with E-state index in [1.165, 1.54) is 6.07 Å². The van der Waals surface area contributed by atoms with E-state index in [9.17, 15) is 4.79 Å². The average Bonchev–Trinajstić information content (AvgIpc) is 2.16. The zero-order valence-electron chi connectivity index (χ0n) is 7.83. The van der Waals surface area contributed by atoms with Crippen LogP contribution in [0.25, 0.3) is 11.1 Å². The van der Waals surface area contributed by atoms with Crippen molar-refractivity contribution in [2.45, 2.75) is 0 Å². The molecular formula is C11H9BrN2O. The van der Waals surface area contributed by atoms with Crippen molar-refractivity contribution < 1.29 is 0 Å². The number of nitrogen functional groups attached to an aromatic ring is 1. The van der Waals surface area contributed by atoms with E-state index in [1.807, 2.05) is 24.3 Å². The van der Waals surface area contributed by atoms with Crippen molar-refractivity contribution in [3.05, 3.63) is 51.2 Å². The van der Waals surface area contributed by atoms with Crippen molar-refractivity contribution >= 4 is 21.7 Å². The maximum absolute atomic E-state index is 11.2. The van der Waals surface area contributed by atoms with Crippen molar-refractivity contribution in [3.8, 4) is 11.1 Å². The van der Waals surface area contributed by atoms with Crippen LogP contribution in [0, 0.1) is 0 Å². The van der Waals surface area contributed by atoms with Gasteiger partial charge in [-0.1, -0.05) is 34.1 Å². The van der Waals surface area contributed by atoms with Gasteiger partial charge in [-0.25, -0.2) is 0 Å². The van der Waals surface area contributed by atoms with Crippen LogP contribution < -0.4 is 11.3 Å². The fourth-order valence-corrected chi connectivity index (χ4v) is 1.93. The van der Waals surface area contributed by atoms with Crippen LogP contribution in [0.3, 0.4) is 0 Å². The molecule has 0 fully saturated rings. The van der Waals surface area contributed by atoms with Crippen molar-refractivity contribution in [3.63, 3.8) is 0 Å². The summed E-state index contributed by atoms with van der Waals surface area (Å²) in [6.07, 6.45) is 0. The molecule has 1 aromatic carbocycles. The lowest BCUT2D eigenvalue weighted by Gasteiger charge is -2.04. The van der Waals surface area contributed by atoms with Crippen LogP contribution in [0.5, 0.6) is 0 Å². The molecule has 0 aliphatic heterocycles. The lowest BCUT2D eigenvalue weighted by Crippen LogP contribution is -2.07. The van der Waals surface area contributed by atoms with Crippen molar-refractivity contribution in [1.82, 2.24) is 4.98 Å². The number of benzene rings is 1. The van der Waals surface area contributed by atoms with Crippen molar-refractivity contribution in [2.24, 2.45) is 0 Å². The minimum absolute atomic E-state index is 0.194. The van der Waals surface area contributed by atoms with Gasteiger partial charge in [-0.2, -0.15) is 0 Å². The zero-order chi connectivity index (χ0) is 10.8. The molecule has 4 heteroatoms. The zero-order valence-corrected chi connectivity index (χ0v) is 9.41. The van der Waals surface area contributed by atoms with Gasteiger partial charge in [-0.05, 0) is 23.3 Å². The maximum Gasteiger partial charge on any atom is 0.250 e. The molecule has 0 unspecified atom stereocenters. The SMILES string of the molecule is Nc1cc(-c2ccccc2Br)cc(=O)[nH]1. The average molecular weight is 265 g/mol. The van der Waals surface area contributed by atoms with Crippen LogP contribution in [0.1, 0.15) is 0 Å². The summed E-state index contributed by atoms with van der Waals surface area (Å²) < 4.78 is 0.940. The number of nitrogens with two attached hydrogens (primary N) is 1. The van der Waals surface area contributed by atoms with Crippen LogP contribution >= 0.6 is 15.9 Å². The Bertz CT molecular complexity index is 548. The number of hydrogen-bond donors (Lipinski definition) is 2. The van der Waals surface area contributed by atoms with Gasteiger partial charge in [0.2, 0.25) is 5.56 Å². The first-order valence-electron chi connectivity index (χ1n) is 4.41. The summed E-state index contributed by atoms with van der Waals surface area (Å²) in [5.74, 6) is 0.369. The van der Waals surface area contributed by atoms with Crippen LogP contribution in [-0.4, -0.2) is 4.98 Å². The molecule has 0 radical (unpaired) electrons. The van der Waals surface area contributed by atoms with Gasteiger partial charge in [0.1, 0.15) is 5.82 Å². The molecule has 2 rings (SSSR count). The van der Waals surface area contributed by atoms with Gasteiger partial charge in [0, 0.05) is 10.5 Å². The minimum atomic E-state index is -0.194. The first kappa shape index (κ1) is 9.98. The highest BCUT2D eigenvalue weighted by atomic mass is 79.9. The summed E-state index contributed by atoms with van der Waals surface area (Å²) in [7, 11) is 0. The normalized spacial score (nSPS) is 10.2. The molecule has 1 aromatic heterocycles. The number of halogens is 1. The third-order valence-corrected chi connectivity index (χ3v) is 2.74. The van der Waals surface area contributed by atoms with Gasteiger partial charge < -0.3 is 10.7 Å². The van der Waals surface area contributed by atoms with Gasteiger partial charge in [0.25, 0.3) is 0 Å². The number of hydrogen-bond acceptors (Lipinski definition) is 2. The Morgan fingerprint density at radius 2 is 1.93 bits per heavy atom. The Morgan fingerprint density at radius 1 is 1.20 bits per heavy atom. The van der Waals surface area contributed by atoms with Crippen molar-refractivity contribution in [1.29, 1.82) is 0 Å². The van der Waals surface area contributed by atoms with E-state index >= 15 is 0 Å². The van der Waals surface area contributed by atoms with Crippen molar-refractivity contribution in [2.75, 3.05) is 5.73 Å². The third kappa shape index (κ3) is 2.10. The Morgan fingerprint density at radius 3 is 2.60 bits per heavy atom. The Kier molecular flexibility index (Phi) is 2.60. The molecular weight excluding hydrogens is 256 g/mol. The maximum atomic E-state index is 11.2. The Hall–Kier alpha value is -1.55. The van der Waals surface area contributed by atoms with E-state index in [2.05, 4.69) is 20.9 Å². The van der Waals surface area contributed by atoms with Gasteiger partial charge >= 0.3 is 0 Å². The standard InChI is InChI=1S/C11H9BrN2O/c12-9-4-2-1-3-8(9)7-5-10(13)14-11(15)6-7/h1-6H,(H3,13,14,15). The molecule has 1 heterocycles. The largest absolute Gasteiger partial charge is 0.385 e. The molecule has 15 heavy (non-hydrogen) atoms. The molecule has 0 saturated carbocycles. The lowest BCUT2D eigenvalue weighted by molar-refractivity contribution is 1.25. The van der Waals surface area contributed by atoms with Crippen LogP contribution in [0.4, 0.5) is 5.82 Å². The van der Waals surface area contributed by atoms with Crippen LogP contribution in [0.2, 0.25) is 0 Å². The quantitative estimate of drug-likeness (QED) is 0.831. The van der Waals surface area contributed by atoms with E-state index in [-0.39, 0.29) is 5.56 Å². The highest BCUT2D eigenvalue weighted by Crippen LogP contribution is 2.27. The predicted octanol–water partition coefficient (Wildman–Crippen LogP) is 2.39. The lowest BCUT2D eigenvalue weighted by atomic mass is 10.1. The number of anilines is 1. The number of H-pyrrole nitrogens is 1. The monoisotopic (exact) mass is 264 g/mol. The Balaban J connectivity index is 2.64. The summed E-state index contributed by atoms with van der Waals surface area (Å²) in [5.41, 5.74) is 7.15. The second-order valence-corrected chi connectivity index (χ2v) is 4.02. The molecule has 0 bridgehead atoms. The minimum Gasteiger partial charge on any atom is -0.385 e. The summed E-state index contributed by atoms with van der Waals surface area (Å²) in [4.78, 5) is 13.8. The van der Waals surface area contributed by atoms with E-state index in [4.69, 9.17) is 5.73 Å². The molecule has 76 valence electrons. The van der Waals surface area contributed by atoms with Gasteiger partial charge in [0.15, 0.2) is 0 Å². The number of nitrogens with one attached hydrogen (secondary N) is 1. The fraction of sp³-hybridized carbons (Fsp3) is 0. The highest BCUT2D eigenvalue weighted by molar-refractivity contribution is 9.10. The predicted molar refractivity (Wildman–Crippen MR) is 64.6 cm³/mol. The first-order valence-corrected chi connectivity index (χ1v) is 5.21. The second kappa shape index (κ2) is 3.90. The Labute approximate surface area is 95.1 Å². The summed E-state index contributed by atoms with van der Waals surface area (Å²) in [6.45, 7) is 0. The van der Waals surface area contributed by atoms with Crippen LogP contribution in [0.15, 0.2) is 45.7 Å².